The van der Waals surface area contributed by atoms with Crippen LogP contribution in [0.1, 0.15) is 18.1 Å². The number of methoxy groups -OCH3 is 3. The van der Waals surface area contributed by atoms with Crippen LogP contribution in [0.15, 0.2) is 65.4 Å². The van der Waals surface area contributed by atoms with Crippen LogP contribution < -0.4 is 9.47 Å². The first-order valence-corrected chi connectivity index (χ1v) is 9.09. The van der Waals surface area contributed by atoms with Crippen LogP contribution in [0, 0.1) is 0 Å². The summed E-state index contributed by atoms with van der Waals surface area (Å²) in [6.45, 7) is 2.11. The van der Waals surface area contributed by atoms with Crippen LogP contribution in [-0.4, -0.2) is 38.1 Å². The highest BCUT2D eigenvalue weighted by atomic mass is 16.5. The SMILES string of the molecule is COC(=O)C1=C(C)N(Cc2ccccc2)C(=O)/C1=C\c1cc(OC)ccc1OC. The highest BCUT2D eigenvalue weighted by Crippen LogP contribution is 2.35. The summed E-state index contributed by atoms with van der Waals surface area (Å²) in [7, 11) is 4.41. The monoisotopic (exact) mass is 393 g/mol. The third kappa shape index (κ3) is 4.01. The standard InChI is InChI=1S/C23H23NO5/c1-15-21(23(26)29-4)19(13-17-12-18(27-2)10-11-20(17)28-3)22(25)24(15)14-16-8-6-5-7-9-16/h5-13H,14H2,1-4H3/b19-13-. The molecule has 0 aliphatic carbocycles. The van der Waals surface area contributed by atoms with E-state index in [2.05, 4.69) is 0 Å². The van der Waals surface area contributed by atoms with Crippen molar-refractivity contribution in [3.63, 3.8) is 0 Å². The van der Waals surface area contributed by atoms with Gasteiger partial charge >= 0.3 is 5.97 Å². The second kappa shape index (κ2) is 8.65. The maximum Gasteiger partial charge on any atom is 0.340 e. The lowest BCUT2D eigenvalue weighted by atomic mass is 10.0. The summed E-state index contributed by atoms with van der Waals surface area (Å²) < 4.78 is 15.6. The quantitative estimate of drug-likeness (QED) is 0.554. The highest BCUT2D eigenvalue weighted by molar-refractivity contribution is 6.16. The summed E-state index contributed by atoms with van der Waals surface area (Å²) >= 11 is 0. The molecule has 6 nitrogen and oxygen atoms in total. The number of hydrogen-bond acceptors (Lipinski definition) is 5. The Morgan fingerprint density at radius 3 is 2.38 bits per heavy atom. The molecule has 0 bridgehead atoms. The number of ether oxygens (including phenoxy) is 3. The summed E-state index contributed by atoms with van der Waals surface area (Å²) in [5.41, 5.74) is 2.66. The van der Waals surface area contributed by atoms with Crippen LogP contribution in [0.5, 0.6) is 11.5 Å². The van der Waals surface area contributed by atoms with Gasteiger partial charge in [-0.2, -0.15) is 0 Å². The molecular weight excluding hydrogens is 370 g/mol. The molecule has 0 saturated carbocycles. The van der Waals surface area contributed by atoms with Gasteiger partial charge < -0.3 is 19.1 Å². The van der Waals surface area contributed by atoms with Gasteiger partial charge in [0.05, 0.1) is 39.0 Å². The van der Waals surface area contributed by atoms with Crippen molar-refractivity contribution in [3.8, 4) is 11.5 Å². The average Bonchev–Trinajstić information content (AvgIpc) is 2.98. The van der Waals surface area contributed by atoms with Gasteiger partial charge in [-0.3, -0.25) is 4.79 Å². The largest absolute Gasteiger partial charge is 0.497 e. The van der Waals surface area contributed by atoms with Crippen molar-refractivity contribution in [2.75, 3.05) is 21.3 Å². The molecule has 0 radical (unpaired) electrons. The van der Waals surface area contributed by atoms with Gasteiger partial charge in [0.25, 0.3) is 5.91 Å². The van der Waals surface area contributed by atoms with Gasteiger partial charge in [0.15, 0.2) is 0 Å². The summed E-state index contributed by atoms with van der Waals surface area (Å²) in [5.74, 6) is 0.357. The van der Waals surface area contributed by atoms with Crippen molar-refractivity contribution < 1.29 is 23.8 Å². The number of esters is 1. The lowest BCUT2D eigenvalue weighted by molar-refractivity contribution is -0.136. The number of carbonyl (C=O) groups excluding carboxylic acids is 2. The van der Waals surface area contributed by atoms with Crippen LogP contribution in [0.25, 0.3) is 6.08 Å². The molecule has 2 aromatic rings. The lowest BCUT2D eigenvalue weighted by Crippen LogP contribution is -2.24. The van der Waals surface area contributed by atoms with Gasteiger partial charge in [-0.15, -0.1) is 0 Å². The van der Waals surface area contributed by atoms with Gasteiger partial charge in [-0.1, -0.05) is 30.3 Å². The molecule has 0 atom stereocenters. The molecule has 3 rings (SSSR count). The normalized spacial score (nSPS) is 15.1. The second-order valence-electron chi connectivity index (χ2n) is 6.49. The molecule has 1 amide bonds. The second-order valence-corrected chi connectivity index (χ2v) is 6.49. The third-order valence-electron chi connectivity index (χ3n) is 4.82. The minimum atomic E-state index is -0.556. The highest BCUT2D eigenvalue weighted by Gasteiger charge is 2.37. The molecule has 1 aliphatic rings. The molecule has 1 aliphatic heterocycles. The Morgan fingerprint density at radius 2 is 1.76 bits per heavy atom. The number of allylic oxidation sites excluding steroid dienone is 1. The van der Waals surface area contributed by atoms with Crippen molar-refractivity contribution >= 4 is 18.0 Å². The molecule has 0 saturated heterocycles. The smallest absolute Gasteiger partial charge is 0.340 e. The van der Waals surface area contributed by atoms with Crippen LogP contribution in [0.3, 0.4) is 0 Å². The van der Waals surface area contributed by atoms with E-state index in [1.807, 2.05) is 30.3 Å². The van der Waals surface area contributed by atoms with E-state index in [1.54, 1.807) is 50.3 Å². The van der Waals surface area contributed by atoms with E-state index in [1.165, 1.54) is 7.11 Å². The van der Waals surface area contributed by atoms with E-state index in [4.69, 9.17) is 14.2 Å². The summed E-state index contributed by atoms with van der Waals surface area (Å²) in [5, 5.41) is 0. The van der Waals surface area contributed by atoms with Gasteiger partial charge in [0, 0.05) is 11.3 Å². The molecule has 6 heteroatoms. The summed E-state index contributed by atoms with van der Waals surface area (Å²) in [6, 6.07) is 14.9. The van der Waals surface area contributed by atoms with Gasteiger partial charge in [-0.05, 0) is 36.8 Å². The number of amides is 1. The number of hydrogen-bond donors (Lipinski definition) is 0. The average molecular weight is 393 g/mol. The molecule has 0 fully saturated rings. The fourth-order valence-electron chi connectivity index (χ4n) is 3.29. The number of benzene rings is 2. The molecule has 0 aromatic heterocycles. The van der Waals surface area contributed by atoms with E-state index >= 15 is 0 Å². The molecule has 0 spiro atoms. The maximum absolute atomic E-state index is 13.2. The molecule has 0 N–H and O–H groups in total. The number of nitrogens with zero attached hydrogens (tertiary/aromatic N) is 1. The van der Waals surface area contributed by atoms with Crippen molar-refractivity contribution in [2.24, 2.45) is 0 Å². The fourth-order valence-corrected chi connectivity index (χ4v) is 3.29. The first-order chi connectivity index (χ1) is 14.0. The van der Waals surface area contributed by atoms with Crippen molar-refractivity contribution in [1.82, 2.24) is 4.90 Å². The predicted molar refractivity (Wildman–Crippen MR) is 109 cm³/mol. The predicted octanol–water partition coefficient (Wildman–Crippen LogP) is 3.58. The Bertz CT molecular complexity index is 992. The Balaban J connectivity index is 2.09. The maximum atomic E-state index is 13.2. The number of rotatable bonds is 6. The topological polar surface area (TPSA) is 65.1 Å². The number of carbonyl (C=O) groups is 2. The molecule has 29 heavy (non-hydrogen) atoms. The van der Waals surface area contributed by atoms with Gasteiger partial charge in [-0.25, -0.2) is 4.79 Å². The molecular formula is C23H23NO5. The van der Waals surface area contributed by atoms with Crippen molar-refractivity contribution in [2.45, 2.75) is 13.5 Å². The van der Waals surface area contributed by atoms with E-state index in [9.17, 15) is 9.59 Å². The Kier molecular flexibility index (Phi) is 6.02. The molecule has 0 unspecified atom stereocenters. The third-order valence-corrected chi connectivity index (χ3v) is 4.82. The Morgan fingerprint density at radius 1 is 1.03 bits per heavy atom. The Hall–Kier alpha value is -3.54. The van der Waals surface area contributed by atoms with E-state index in [-0.39, 0.29) is 17.1 Å². The molecule has 2 aromatic carbocycles. The van der Waals surface area contributed by atoms with Crippen LogP contribution in [0.4, 0.5) is 0 Å². The van der Waals surface area contributed by atoms with E-state index in [0.29, 0.717) is 29.3 Å². The zero-order chi connectivity index (χ0) is 21.0. The van der Waals surface area contributed by atoms with Crippen molar-refractivity contribution in [3.05, 3.63) is 76.5 Å². The van der Waals surface area contributed by atoms with Crippen LogP contribution in [-0.2, 0) is 20.9 Å². The minimum absolute atomic E-state index is 0.248. The molecule has 150 valence electrons. The first-order valence-electron chi connectivity index (χ1n) is 9.09. The summed E-state index contributed by atoms with van der Waals surface area (Å²) in [4.78, 5) is 27.3. The summed E-state index contributed by atoms with van der Waals surface area (Å²) in [6.07, 6.45) is 1.64. The van der Waals surface area contributed by atoms with Crippen molar-refractivity contribution in [1.29, 1.82) is 0 Å². The van der Waals surface area contributed by atoms with Crippen LogP contribution in [0.2, 0.25) is 0 Å². The lowest BCUT2D eigenvalue weighted by Gasteiger charge is -2.18. The zero-order valence-corrected chi connectivity index (χ0v) is 16.9. The van der Waals surface area contributed by atoms with Gasteiger partial charge in [0.1, 0.15) is 11.5 Å². The van der Waals surface area contributed by atoms with E-state index in [0.717, 1.165) is 5.56 Å². The van der Waals surface area contributed by atoms with E-state index < -0.39 is 5.97 Å². The van der Waals surface area contributed by atoms with Gasteiger partial charge in [0.2, 0.25) is 0 Å². The fraction of sp³-hybridized carbons (Fsp3) is 0.217. The van der Waals surface area contributed by atoms with Crippen LogP contribution >= 0.6 is 0 Å². The minimum Gasteiger partial charge on any atom is -0.497 e. The first kappa shape index (κ1) is 20.2. The zero-order valence-electron chi connectivity index (χ0n) is 16.9. The molecule has 1 heterocycles. The Labute approximate surface area is 170 Å².